The van der Waals surface area contributed by atoms with E-state index in [2.05, 4.69) is 5.10 Å². The van der Waals surface area contributed by atoms with Gasteiger partial charge in [0.25, 0.3) is 5.92 Å². The lowest BCUT2D eigenvalue weighted by atomic mass is 9.94. The molecule has 2 rings (SSSR count). The number of halogens is 2. The lowest BCUT2D eigenvalue weighted by Crippen LogP contribution is -2.25. The first-order valence-electron chi connectivity index (χ1n) is 4.75. The Kier molecular flexibility index (Phi) is 1.97. The Morgan fingerprint density at radius 2 is 2.29 bits per heavy atom. The van der Waals surface area contributed by atoms with Crippen molar-refractivity contribution in [2.75, 3.05) is 5.73 Å². The van der Waals surface area contributed by atoms with Gasteiger partial charge >= 0.3 is 0 Å². The summed E-state index contributed by atoms with van der Waals surface area (Å²) in [6, 6.07) is 0. The number of hydrogen-bond acceptors (Lipinski definition) is 2. The Balaban J connectivity index is 2.41. The van der Waals surface area contributed by atoms with Crippen LogP contribution in [0.25, 0.3) is 0 Å². The fourth-order valence-corrected chi connectivity index (χ4v) is 1.85. The topological polar surface area (TPSA) is 43.8 Å². The Hall–Kier alpha value is -1.13. The van der Waals surface area contributed by atoms with E-state index in [0.29, 0.717) is 24.3 Å². The number of rotatable bonds is 1. The second kappa shape index (κ2) is 2.93. The van der Waals surface area contributed by atoms with E-state index in [1.807, 2.05) is 6.92 Å². The van der Waals surface area contributed by atoms with Gasteiger partial charge < -0.3 is 5.73 Å². The number of fused-ring (bicyclic) bond motifs is 1. The van der Waals surface area contributed by atoms with Crippen molar-refractivity contribution < 1.29 is 8.78 Å². The van der Waals surface area contributed by atoms with Crippen molar-refractivity contribution in [3.05, 3.63) is 11.3 Å². The smallest absolute Gasteiger partial charge is 0.252 e. The zero-order valence-corrected chi connectivity index (χ0v) is 8.06. The van der Waals surface area contributed by atoms with Crippen LogP contribution in [0.2, 0.25) is 0 Å². The second-order valence-electron chi connectivity index (χ2n) is 3.66. The maximum absolute atomic E-state index is 13.1. The molecule has 1 aromatic heterocycles. The third-order valence-corrected chi connectivity index (χ3v) is 2.64. The van der Waals surface area contributed by atoms with Crippen LogP contribution in [0.4, 0.5) is 14.6 Å². The Morgan fingerprint density at radius 1 is 1.57 bits per heavy atom. The van der Waals surface area contributed by atoms with Gasteiger partial charge in [-0.3, -0.25) is 0 Å². The van der Waals surface area contributed by atoms with Crippen molar-refractivity contribution in [1.82, 2.24) is 9.78 Å². The highest BCUT2D eigenvalue weighted by atomic mass is 19.3. The minimum Gasteiger partial charge on any atom is -0.384 e. The molecule has 0 saturated heterocycles. The lowest BCUT2D eigenvalue weighted by molar-refractivity contribution is -0.0123. The summed E-state index contributed by atoms with van der Waals surface area (Å²) in [6.07, 6.45) is -0.0339. The minimum absolute atomic E-state index is 0.111. The molecular formula is C9H13F2N3. The number of aromatic nitrogens is 2. The molecule has 0 aromatic carbocycles. The molecule has 0 atom stereocenters. The van der Waals surface area contributed by atoms with Crippen molar-refractivity contribution >= 4 is 5.82 Å². The van der Waals surface area contributed by atoms with Crippen LogP contribution in [0.1, 0.15) is 24.6 Å². The zero-order valence-electron chi connectivity index (χ0n) is 8.06. The van der Waals surface area contributed by atoms with Crippen molar-refractivity contribution in [3.63, 3.8) is 0 Å². The van der Waals surface area contributed by atoms with Gasteiger partial charge in [-0.25, -0.2) is 13.5 Å². The lowest BCUT2D eigenvalue weighted by Gasteiger charge is -2.20. The first-order chi connectivity index (χ1) is 6.53. The molecule has 1 heterocycles. The molecule has 2 N–H and O–H groups in total. The molecule has 0 saturated carbocycles. The second-order valence-corrected chi connectivity index (χ2v) is 3.66. The van der Waals surface area contributed by atoms with Gasteiger partial charge in [0, 0.05) is 24.9 Å². The Labute approximate surface area is 80.9 Å². The van der Waals surface area contributed by atoms with Gasteiger partial charge in [-0.1, -0.05) is 0 Å². The van der Waals surface area contributed by atoms with Gasteiger partial charge in [0.2, 0.25) is 0 Å². The van der Waals surface area contributed by atoms with E-state index in [4.69, 9.17) is 5.73 Å². The number of alkyl halides is 2. The van der Waals surface area contributed by atoms with Crippen LogP contribution in [-0.2, 0) is 19.4 Å². The first kappa shape index (κ1) is 9.43. The molecule has 0 spiro atoms. The van der Waals surface area contributed by atoms with Gasteiger partial charge in [-0.05, 0) is 13.3 Å². The third kappa shape index (κ3) is 1.36. The summed E-state index contributed by atoms with van der Waals surface area (Å²) in [5.74, 6) is -2.20. The van der Waals surface area contributed by atoms with E-state index < -0.39 is 5.92 Å². The van der Waals surface area contributed by atoms with Crippen LogP contribution in [0, 0.1) is 0 Å². The van der Waals surface area contributed by atoms with Crippen molar-refractivity contribution in [2.24, 2.45) is 0 Å². The summed E-state index contributed by atoms with van der Waals surface area (Å²) >= 11 is 0. The summed E-state index contributed by atoms with van der Waals surface area (Å²) in [4.78, 5) is 0. The molecule has 0 aliphatic heterocycles. The largest absolute Gasteiger partial charge is 0.384 e. The van der Waals surface area contributed by atoms with Crippen molar-refractivity contribution in [1.29, 1.82) is 0 Å². The molecule has 0 unspecified atom stereocenters. The molecular weight excluding hydrogens is 188 g/mol. The van der Waals surface area contributed by atoms with E-state index >= 15 is 0 Å². The average molecular weight is 201 g/mol. The standard InChI is InChI=1S/C9H13F2N3/c1-2-14-8(12)6-5-9(10,11)4-3-7(6)13-14/h2-5,12H2,1H3. The van der Waals surface area contributed by atoms with Crippen LogP contribution in [0.15, 0.2) is 0 Å². The SMILES string of the molecule is CCn1nc2c(c1N)CC(F)(F)CC2. The highest BCUT2D eigenvalue weighted by Crippen LogP contribution is 2.35. The molecule has 3 nitrogen and oxygen atoms in total. The van der Waals surface area contributed by atoms with Crippen LogP contribution in [0.3, 0.4) is 0 Å². The van der Waals surface area contributed by atoms with Crippen molar-refractivity contribution in [2.45, 2.75) is 38.7 Å². The quantitative estimate of drug-likeness (QED) is 0.750. The molecule has 14 heavy (non-hydrogen) atoms. The van der Waals surface area contributed by atoms with E-state index in [-0.39, 0.29) is 12.8 Å². The molecule has 5 heteroatoms. The summed E-state index contributed by atoms with van der Waals surface area (Å²) < 4.78 is 27.8. The van der Waals surface area contributed by atoms with Gasteiger partial charge in [-0.2, -0.15) is 5.10 Å². The van der Waals surface area contributed by atoms with E-state index in [1.54, 1.807) is 4.68 Å². The molecule has 78 valence electrons. The number of hydrogen-bond donors (Lipinski definition) is 1. The molecule has 0 bridgehead atoms. The molecule has 0 radical (unpaired) electrons. The van der Waals surface area contributed by atoms with E-state index in [0.717, 1.165) is 5.69 Å². The highest BCUT2D eigenvalue weighted by Gasteiger charge is 2.37. The number of aryl methyl sites for hydroxylation is 2. The minimum atomic E-state index is -2.61. The Morgan fingerprint density at radius 3 is 2.93 bits per heavy atom. The maximum Gasteiger partial charge on any atom is 0.252 e. The van der Waals surface area contributed by atoms with Gasteiger partial charge in [-0.15, -0.1) is 0 Å². The van der Waals surface area contributed by atoms with Crippen LogP contribution >= 0.6 is 0 Å². The van der Waals surface area contributed by atoms with Crippen LogP contribution in [0.5, 0.6) is 0 Å². The van der Waals surface area contributed by atoms with Crippen LogP contribution < -0.4 is 5.73 Å². The normalized spacial score (nSPS) is 19.4. The van der Waals surface area contributed by atoms with Gasteiger partial charge in [0.05, 0.1) is 5.69 Å². The molecule has 1 aliphatic rings. The van der Waals surface area contributed by atoms with Gasteiger partial charge in [0.1, 0.15) is 5.82 Å². The number of nitrogens with zero attached hydrogens (tertiary/aromatic N) is 2. The fraction of sp³-hybridized carbons (Fsp3) is 0.667. The fourth-order valence-electron chi connectivity index (χ4n) is 1.85. The maximum atomic E-state index is 13.1. The van der Waals surface area contributed by atoms with E-state index in [9.17, 15) is 8.78 Å². The number of anilines is 1. The Bertz CT molecular complexity index is 357. The van der Waals surface area contributed by atoms with E-state index in [1.165, 1.54) is 0 Å². The molecule has 0 amide bonds. The number of nitrogens with two attached hydrogens (primary N) is 1. The van der Waals surface area contributed by atoms with Gasteiger partial charge in [0.15, 0.2) is 0 Å². The zero-order chi connectivity index (χ0) is 10.3. The molecule has 1 aliphatic carbocycles. The summed E-state index contributed by atoms with van der Waals surface area (Å²) in [6.45, 7) is 2.53. The monoisotopic (exact) mass is 201 g/mol. The number of nitrogen functional groups attached to an aromatic ring is 1. The van der Waals surface area contributed by atoms with Crippen molar-refractivity contribution in [3.8, 4) is 0 Å². The summed E-state index contributed by atoms with van der Waals surface area (Å²) in [5.41, 5.74) is 7.01. The average Bonchev–Trinajstić information content (AvgIpc) is 2.42. The molecule has 0 fully saturated rings. The third-order valence-electron chi connectivity index (χ3n) is 2.64. The van der Waals surface area contributed by atoms with Crippen LogP contribution in [-0.4, -0.2) is 15.7 Å². The first-order valence-corrected chi connectivity index (χ1v) is 4.75. The predicted molar refractivity (Wildman–Crippen MR) is 49.3 cm³/mol. The molecule has 1 aromatic rings. The summed E-state index contributed by atoms with van der Waals surface area (Å²) in [5, 5.41) is 4.19. The summed E-state index contributed by atoms with van der Waals surface area (Å²) in [7, 11) is 0. The predicted octanol–water partition coefficient (Wildman–Crippen LogP) is 1.61. The highest BCUT2D eigenvalue weighted by molar-refractivity contribution is 5.45.